The molecule has 0 saturated heterocycles. The zero-order valence-electron chi connectivity index (χ0n) is 15.7. The maximum absolute atomic E-state index is 4.51. The number of para-hydroxylation sites is 1. The summed E-state index contributed by atoms with van der Waals surface area (Å²) in [7, 11) is 3.75. The first-order valence-corrected chi connectivity index (χ1v) is 9.66. The normalized spacial score (nSPS) is 12.3. The van der Waals surface area contributed by atoms with Gasteiger partial charge in [-0.05, 0) is 39.2 Å². The van der Waals surface area contributed by atoms with E-state index in [0.717, 1.165) is 31.1 Å². The standard InChI is InChI=1S/C18H26N2S2.C2H7N/c1-3-4-6-11-18(16(2)22)19-12-13-20(14-15-21)17-9-7-5-8-10-17;1-3-2/h3-11,16,19,21-22H,1,12-15H2,2H3;3H,1-2H3/b6-4-,18-11+;. The number of thiol groups is 2. The van der Waals surface area contributed by atoms with E-state index in [1.807, 2.05) is 38.4 Å². The fourth-order valence-corrected chi connectivity index (χ4v) is 2.47. The van der Waals surface area contributed by atoms with E-state index >= 15 is 0 Å². The van der Waals surface area contributed by atoms with Gasteiger partial charge in [0.15, 0.2) is 0 Å². The number of allylic oxidation sites excluding steroid dienone is 4. The number of hydrogen-bond acceptors (Lipinski definition) is 5. The first-order valence-electron chi connectivity index (χ1n) is 8.51. The van der Waals surface area contributed by atoms with Crippen LogP contribution in [0.2, 0.25) is 0 Å². The van der Waals surface area contributed by atoms with Crippen LogP contribution in [0.15, 0.2) is 66.9 Å². The summed E-state index contributed by atoms with van der Waals surface area (Å²) >= 11 is 8.87. The molecule has 0 saturated carbocycles. The number of nitrogens with zero attached hydrogens (tertiary/aromatic N) is 1. The van der Waals surface area contributed by atoms with Gasteiger partial charge in [-0.1, -0.05) is 43.0 Å². The van der Waals surface area contributed by atoms with Crippen molar-refractivity contribution in [3.63, 3.8) is 0 Å². The van der Waals surface area contributed by atoms with Crippen LogP contribution in [-0.2, 0) is 0 Å². The Balaban J connectivity index is 0.00000178. The molecule has 1 rings (SSSR count). The van der Waals surface area contributed by atoms with E-state index in [4.69, 9.17) is 0 Å². The lowest BCUT2D eigenvalue weighted by Gasteiger charge is -2.25. The van der Waals surface area contributed by atoms with Crippen LogP contribution in [0.1, 0.15) is 6.92 Å². The predicted molar refractivity (Wildman–Crippen MR) is 121 cm³/mol. The average molecular weight is 380 g/mol. The minimum atomic E-state index is 0.171. The van der Waals surface area contributed by atoms with Gasteiger partial charge in [-0.3, -0.25) is 0 Å². The van der Waals surface area contributed by atoms with Gasteiger partial charge in [-0.15, -0.1) is 0 Å². The fourth-order valence-electron chi connectivity index (χ4n) is 2.05. The average Bonchev–Trinajstić information content (AvgIpc) is 2.61. The van der Waals surface area contributed by atoms with Crippen LogP contribution < -0.4 is 15.5 Å². The maximum atomic E-state index is 4.51. The summed E-state index contributed by atoms with van der Waals surface area (Å²) in [6, 6.07) is 10.4. The van der Waals surface area contributed by atoms with Crippen molar-refractivity contribution >= 4 is 30.9 Å². The van der Waals surface area contributed by atoms with Gasteiger partial charge in [-0.2, -0.15) is 25.3 Å². The van der Waals surface area contributed by atoms with E-state index in [2.05, 4.69) is 78.6 Å². The number of anilines is 1. The van der Waals surface area contributed by atoms with Crippen molar-refractivity contribution in [2.45, 2.75) is 12.2 Å². The van der Waals surface area contributed by atoms with Crippen molar-refractivity contribution in [2.24, 2.45) is 0 Å². The molecule has 1 unspecified atom stereocenters. The summed E-state index contributed by atoms with van der Waals surface area (Å²) in [5, 5.41) is 6.39. The smallest absolute Gasteiger partial charge is 0.0386 e. The maximum Gasteiger partial charge on any atom is 0.0386 e. The lowest BCUT2D eigenvalue weighted by atomic mass is 10.2. The second-order valence-electron chi connectivity index (χ2n) is 5.39. The summed E-state index contributed by atoms with van der Waals surface area (Å²) in [6.45, 7) is 8.45. The third kappa shape index (κ3) is 11.8. The molecule has 0 spiro atoms. The van der Waals surface area contributed by atoms with Crippen LogP contribution in [0.3, 0.4) is 0 Å². The van der Waals surface area contributed by atoms with Gasteiger partial charge in [0.25, 0.3) is 0 Å². The molecule has 0 fully saturated rings. The van der Waals surface area contributed by atoms with Crippen LogP contribution in [0, 0.1) is 0 Å². The molecule has 0 aromatic heterocycles. The van der Waals surface area contributed by atoms with Gasteiger partial charge < -0.3 is 15.5 Å². The molecule has 0 amide bonds. The summed E-state index contributed by atoms with van der Waals surface area (Å²) in [6.07, 6.45) is 7.70. The van der Waals surface area contributed by atoms with E-state index < -0.39 is 0 Å². The first-order chi connectivity index (χ1) is 12.1. The van der Waals surface area contributed by atoms with Crippen LogP contribution in [0.5, 0.6) is 0 Å². The van der Waals surface area contributed by atoms with Gasteiger partial charge >= 0.3 is 0 Å². The van der Waals surface area contributed by atoms with Crippen molar-refractivity contribution in [1.82, 2.24) is 10.6 Å². The highest BCUT2D eigenvalue weighted by Crippen LogP contribution is 2.13. The van der Waals surface area contributed by atoms with Gasteiger partial charge in [0, 0.05) is 42.0 Å². The van der Waals surface area contributed by atoms with Crippen molar-refractivity contribution in [1.29, 1.82) is 0 Å². The molecule has 2 N–H and O–H groups in total. The van der Waals surface area contributed by atoms with Crippen molar-refractivity contribution < 1.29 is 0 Å². The predicted octanol–water partition coefficient (Wildman–Crippen LogP) is 3.79. The molecular weight excluding hydrogens is 346 g/mol. The van der Waals surface area contributed by atoms with Crippen LogP contribution in [0.25, 0.3) is 0 Å². The quantitative estimate of drug-likeness (QED) is 0.368. The third-order valence-corrected chi connectivity index (χ3v) is 3.65. The highest BCUT2D eigenvalue weighted by atomic mass is 32.1. The number of benzene rings is 1. The van der Waals surface area contributed by atoms with Gasteiger partial charge in [0.2, 0.25) is 0 Å². The van der Waals surface area contributed by atoms with Crippen LogP contribution in [0.4, 0.5) is 5.69 Å². The van der Waals surface area contributed by atoms with E-state index in [0.29, 0.717) is 0 Å². The van der Waals surface area contributed by atoms with Crippen LogP contribution in [-0.4, -0.2) is 44.7 Å². The Morgan fingerprint density at radius 2 is 1.84 bits per heavy atom. The first kappa shape index (κ1) is 23.7. The molecule has 0 aliphatic carbocycles. The molecule has 0 bridgehead atoms. The summed E-state index contributed by atoms with van der Waals surface area (Å²) < 4.78 is 0. The summed E-state index contributed by atoms with van der Waals surface area (Å²) in [5.41, 5.74) is 2.34. The molecule has 0 aliphatic heterocycles. The van der Waals surface area contributed by atoms with Crippen LogP contribution >= 0.6 is 25.3 Å². The summed E-state index contributed by atoms with van der Waals surface area (Å²) in [5.74, 6) is 0.836. The van der Waals surface area contributed by atoms with Gasteiger partial charge in [0.1, 0.15) is 0 Å². The summed E-state index contributed by atoms with van der Waals surface area (Å²) in [4.78, 5) is 2.33. The molecule has 3 nitrogen and oxygen atoms in total. The molecule has 1 atom stereocenters. The number of nitrogens with one attached hydrogen (secondary N) is 2. The minimum Gasteiger partial charge on any atom is -0.386 e. The second kappa shape index (κ2) is 16.2. The van der Waals surface area contributed by atoms with E-state index in [9.17, 15) is 0 Å². The molecule has 1 aromatic rings. The Bertz CT molecular complexity index is 499. The number of rotatable bonds is 10. The zero-order chi connectivity index (χ0) is 18.9. The Kier molecular flexibility index (Phi) is 15.3. The molecule has 0 heterocycles. The lowest BCUT2D eigenvalue weighted by Crippen LogP contribution is -2.34. The van der Waals surface area contributed by atoms with E-state index in [1.165, 1.54) is 5.69 Å². The SMILES string of the molecule is C=C/C=C\C=C(\NCCN(CCS)c1ccccc1)C(C)S.CNC. The Morgan fingerprint density at radius 1 is 1.20 bits per heavy atom. The molecule has 140 valence electrons. The topological polar surface area (TPSA) is 27.3 Å². The Morgan fingerprint density at radius 3 is 2.36 bits per heavy atom. The van der Waals surface area contributed by atoms with Crippen molar-refractivity contribution in [2.75, 3.05) is 44.4 Å². The third-order valence-electron chi connectivity index (χ3n) is 3.18. The van der Waals surface area contributed by atoms with E-state index in [-0.39, 0.29) is 5.25 Å². The molecule has 0 aliphatic rings. The highest BCUT2D eigenvalue weighted by molar-refractivity contribution is 7.81. The van der Waals surface area contributed by atoms with Gasteiger partial charge in [-0.25, -0.2) is 0 Å². The molecule has 25 heavy (non-hydrogen) atoms. The molecule has 0 radical (unpaired) electrons. The molecule has 1 aromatic carbocycles. The van der Waals surface area contributed by atoms with Crippen molar-refractivity contribution in [3.8, 4) is 0 Å². The monoisotopic (exact) mass is 379 g/mol. The van der Waals surface area contributed by atoms with E-state index in [1.54, 1.807) is 6.08 Å². The molecular formula is C20H33N3S2. The fraction of sp³-hybridized carbons (Fsp3) is 0.400. The zero-order valence-corrected chi connectivity index (χ0v) is 17.4. The Hall–Kier alpha value is -1.30. The highest BCUT2D eigenvalue weighted by Gasteiger charge is 2.06. The van der Waals surface area contributed by atoms with Gasteiger partial charge in [0.05, 0.1) is 0 Å². The lowest BCUT2D eigenvalue weighted by molar-refractivity contribution is 0.724. The largest absolute Gasteiger partial charge is 0.386 e. The Labute approximate surface area is 165 Å². The minimum absolute atomic E-state index is 0.171. The molecule has 5 heteroatoms. The van der Waals surface area contributed by atoms with Crippen molar-refractivity contribution in [3.05, 3.63) is 66.9 Å². The second-order valence-corrected chi connectivity index (χ2v) is 6.61. The number of hydrogen-bond donors (Lipinski definition) is 4.